The van der Waals surface area contributed by atoms with Crippen LogP contribution in [-0.2, 0) is 9.59 Å². The van der Waals surface area contributed by atoms with Gasteiger partial charge in [-0.3, -0.25) is 4.79 Å². The van der Waals surface area contributed by atoms with Gasteiger partial charge in [0.15, 0.2) is 0 Å². The predicted molar refractivity (Wildman–Crippen MR) is 64.3 cm³/mol. The van der Waals surface area contributed by atoms with Gasteiger partial charge < -0.3 is 20.8 Å². The summed E-state index contributed by atoms with van der Waals surface area (Å²) in [6, 6.07) is -2.09. The first-order valence-electron chi connectivity index (χ1n) is 5.61. The SMILES string of the molecule is CC(C)(C)CCNC(=O)N[C@@H](CC(=O)O)C(=O)O. The molecule has 0 radical (unpaired) electrons. The lowest BCUT2D eigenvalue weighted by Crippen LogP contribution is -2.47. The third-order valence-electron chi connectivity index (χ3n) is 2.14. The second-order valence-corrected chi connectivity index (χ2v) is 5.20. The quantitative estimate of drug-likeness (QED) is 0.559. The first kappa shape index (κ1) is 16.2. The molecule has 0 aromatic heterocycles. The number of carboxylic acids is 2. The van der Waals surface area contributed by atoms with Crippen LogP contribution in [0.3, 0.4) is 0 Å². The Morgan fingerprint density at radius 1 is 1.17 bits per heavy atom. The smallest absolute Gasteiger partial charge is 0.326 e. The Balaban J connectivity index is 4.11. The Kier molecular flexibility index (Phi) is 6.15. The summed E-state index contributed by atoms with van der Waals surface area (Å²) >= 11 is 0. The van der Waals surface area contributed by atoms with E-state index in [1.54, 1.807) is 0 Å². The minimum absolute atomic E-state index is 0.0561. The maximum absolute atomic E-state index is 11.3. The average molecular weight is 260 g/mol. The highest BCUT2D eigenvalue weighted by molar-refractivity contribution is 5.86. The van der Waals surface area contributed by atoms with E-state index in [1.165, 1.54) is 0 Å². The Morgan fingerprint density at radius 2 is 1.72 bits per heavy atom. The zero-order valence-corrected chi connectivity index (χ0v) is 10.8. The molecule has 0 saturated carbocycles. The van der Waals surface area contributed by atoms with Gasteiger partial charge in [-0.15, -0.1) is 0 Å². The van der Waals surface area contributed by atoms with Crippen molar-refractivity contribution in [3.8, 4) is 0 Å². The number of nitrogens with one attached hydrogen (secondary N) is 2. The van der Waals surface area contributed by atoms with Crippen molar-refractivity contribution in [1.82, 2.24) is 10.6 Å². The van der Waals surface area contributed by atoms with E-state index in [-0.39, 0.29) is 5.41 Å². The number of amides is 2. The van der Waals surface area contributed by atoms with Crippen molar-refractivity contribution in [3.63, 3.8) is 0 Å². The summed E-state index contributed by atoms with van der Waals surface area (Å²) in [5.41, 5.74) is 0.0561. The lowest BCUT2D eigenvalue weighted by atomic mass is 9.92. The van der Waals surface area contributed by atoms with Gasteiger partial charge in [-0.05, 0) is 11.8 Å². The molecule has 7 nitrogen and oxygen atoms in total. The molecule has 0 aliphatic rings. The van der Waals surface area contributed by atoms with E-state index >= 15 is 0 Å². The monoisotopic (exact) mass is 260 g/mol. The molecule has 0 heterocycles. The van der Waals surface area contributed by atoms with E-state index in [2.05, 4.69) is 10.6 Å². The molecule has 0 spiro atoms. The number of hydrogen-bond donors (Lipinski definition) is 4. The van der Waals surface area contributed by atoms with Gasteiger partial charge in [-0.2, -0.15) is 0 Å². The summed E-state index contributed by atoms with van der Waals surface area (Å²) in [4.78, 5) is 32.5. The highest BCUT2D eigenvalue weighted by Gasteiger charge is 2.22. The van der Waals surface area contributed by atoms with Crippen LogP contribution in [0.15, 0.2) is 0 Å². The number of carbonyl (C=O) groups is 3. The highest BCUT2D eigenvalue weighted by atomic mass is 16.4. The van der Waals surface area contributed by atoms with Crippen molar-refractivity contribution in [2.45, 2.75) is 39.7 Å². The van der Waals surface area contributed by atoms with Crippen molar-refractivity contribution in [1.29, 1.82) is 0 Å². The van der Waals surface area contributed by atoms with Gasteiger partial charge in [-0.25, -0.2) is 9.59 Å². The van der Waals surface area contributed by atoms with Gasteiger partial charge in [0, 0.05) is 6.54 Å². The maximum Gasteiger partial charge on any atom is 0.326 e. The summed E-state index contributed by atoms with van der Waals surface area (Å²) in [5, 5.41) is 21.8. The van der Waals surface area contributed by atoms with Crippen LogP contribution in [-0.4, -0.2) is 40.8 Å². The third-order valence-corrected chi connectivity index (χ3v) is 2.14. The second kappa shape index (κ2) is 6.83. The number of rotatable bonds is 6. The Morgan fingerprint density at radius 3 is 2.11 bits per heavy atom. The van der Waals surface area contributed by atoms with Crippen LogP contribution >= 0.6 is 0 Å². The molecule has 0 fully saturated rings. The normalized spacial score (nSPS) is 12.6. The zero-order valence-electron chi connectivity index (χ0n) is 10.8. The predicted octanol–water partition coefficient (Wildman–Crippen LogP) is 0.650. The van der Waals surface area contributed by atoms with Crippen molar-refractivity contribution < 1.29 is 24.6 Å². The molecular weight excluding hydrogens is 240 g/mol. The summed E-state index contributed by atoms with van der Waals surface area (Å²) in [6.07, 6.45) is 0.0825. The average Bonchev–Trinajstić information content (AvgIpc) is 2.13. The van der Waals surface area contributed by atoms with E-state index < -0.39 is 30.4 Å². The molecule has 4 N–H and O–H groups in total. The van der Waals surface area contributed by atoms with E-state index in [1.807, 2.05) is 20.8 Å². The second-order valence-electron chi connectivity index (χ2n) is 5.20. The molecule has 0 aromatic carbocycles. The highest BCUT2D eigenvalue weighted by Crippen LogP contribution is 2.16. The van der Waals surface area contributed by atoms with E-state index in [0.29, 0.717) is 6.54 Å². The van der Waals surface area contributed by atoms with Crippen LogP contribution in [0, 0.1) is 5.41 Å². The molecule has 0 saturated heterocycles. The standard InChI is InChI=1S/C11H20N2O5/c1-11(2,3)4-5-12-10(18)13-7(9(16)17)6-8(14)15/h7H,4-6H2,1-3H3,(H,14,15)(H,16,17)(H2,12,13,18)/t7-/m0/s1. The van der Waals surface area contributed by atoms with Crippen molar-refractivity contribution >= 4 is 18.0 Å². The minimum atomic E-state index is -1.42. The van der Waals surface area contributed by atoms with Crippen molar-refractivity contribution in [2.75, 3.05) is 6.54 Å². The fourth-order valence-electron chi connectivity index (χ4n) is 1.14. The lowest BCUT2D eigenvalue weighted by molar-refractivity contribution is -0.145. The molecule has 18 heavy (non-hydrogen) atoms. The van der Waals surface area contributed by atoms with Crippen LogP contribution in [0.2, 0.25) is 0 Å². The molecular formula is C11H20N2O5. The summed E-state index contributed by atoms with van der Waals surface area (Å²) < 4.78 is 0. The number of carboxylic acid groups (broad SMARTS) is 2. The van der Waals surface area contributed by atoms with Crippen LogP contribution in [0.1, 0.15) is 33.6 Å². The van der Waals surface area contributed by atoms with E-state index in [9.17, 15) is 14.4 Å². The fraction of sp³-hybridized carbons (Fsp3) is 0.727. The van der Waals surface area contributed by atoms with Gasteiger partial charge in [-0.1, -0.05) is 20.8 Å². The molecule has 2 amide bonds. The molecule has 1 atom stereocenters. The van der Waals surface area contributed by atoms with Gasteiger partial charge in [0.25, 0.3) is 0 Å². The van der Waals surface area contributed by atoms with Crippen LogP contribution < -0.4 is 10.6 Å². The largest absolute Gasteiger partial charge is 0.481 e. The fourth-order valence-corrected chi connectivity index (χ4v) is 1.14. The molecule has 7 heteroatoms. The van der Waals surface area contributed by atoms with Crippen LogP contribution in [0.4, 0.5) is 4.79 Å². The number of hydrogen-bond acceptors (Lipinski definition) is 3. The molecule has 0 aliphatic heterocycles. The minimum Gasteiger partial charge on any atom is -0.481 e. The van der Waals surface area contributed by atoms with E-state index in [4.69, 9.17) is 10.2 Å². The molecule has 0 aromatic rings. The maximum atomic E-state index is 11.3. The number of carbonyl (C=O) groups excluding carboxylic acids is 1. The molecule has 104 valence electrons. The van der Waals surface area contributed by atoms with Gasteiger partial charge >= 0.3 is 18.0 Å². The molecule has 0 aliphatic carbocycles. The summed E-state index contributed by atoms with van der Waals surface area (Å²) in [5.74, 6) is -2.65. The lowest BCUT2D eigenvalue weighted by Gasteiger charge is -2.19. The van der Waals surface area contributed by atoms with Gasteiger partial charge in [0.05, 0.1) is 6.42 Å². The third kappa shape index (κ3) is 8.37. The summed E-state index contributed by atoms with van der Waals surface area (Å²) in [6.45, 7) is 6.43. The Hall–Kier alpha value is -1.79. The summed E-state index contributed by atoms with van der Waals surface area (Å²) in [7, 11) is 0. The Labute approximate surface area is 106 Å². The first-order chi connectivity index (χ1) is 8.11. The molecule has 0 rings (SSSR count). The van der Waals surface area contributed by atoms with Crippen molar-refractivity contribution in [2.24, 2.45) is 5.41 Å². The zero-order chi connectivity index (χ0) is 14.3. The van der Waals surface area contributed by atoms with Crippen LogP contribution in [0.5, 0.6) is 0 Å². The van der Waals surface area contributed by atoms with Crippen LogP contribution in [0.25, 0.3) is 0 Å². The van der Waals surface area contributed by atoms with Gasteiger partial charge in [0.1, 0.15) is 6.04 Å². The Bertz CT molecular complexity index is 322. The first-order valence-corrected chi connectivity index (χ1v) is 5.61. The van der Waals surface area contributed by atoms with E-state index in [0.717, 1.165) is 6.42 Å². The molecule has 0 bridgehead atoms. The number of urea groups is 1. The van der Waals surface area contributed by atoms with Gasteiger partial charge in [0.2, 0.25) is 0 Å². The van der Waals surface area contributed by atoms with Crippen molar-refractivity contribution in [3.05, 3.63) is 0 Å². The molecule has 0 unspecified atom stereocenters. The number of aliphatic carboxylic acids is 2. The topological polar surface area (TPSA) is 116 Å².